The van der Waals surface area contributed by atoms with Crippen LogP contribution in [0.1, 0.15) is 12.0 Å². The largest absolute Gasteiger partial charge is 0.391 e. The quantitative estimate of drug-likeness (QED) is 0.849. The number of hydrogen-bond acceptors (Lipinski definition) is 2. The summed E-state index contributed by atoms with van der Waals surface area (Å²) in [5, 5.41) is 10.3. The maximum Gasteiger partial charge on any atom is 0.246 e. The summed E-state index contributed by atoms with van der Waals surface area (Å²) in [5.41, 5.74) is 0.706. The molecule has 1 heterocycles. The number of nitrogens with zero attached hydrogens (tertiary/aromatic N) is 1. The van der Waals surface area contributed by atoms with Gasteiger partial charge in [0.05, 0.1) is 16.1 Å². The number of carbonyl (C=O) groups excluding carboxylic acids is 1. The number of likely N-dealkylation sites (tertiary alicyclic amines) is 1. The third-order valence-electron chi connectivity index (χ3n) is 2.86. The van der Waals surface area contributed by atoms with Gasteiger partial charge in [-0.2, -0.15) is 0 Å². The summed E-state index contributed by atoms with van der Waals surface area (Å²) in [4.78, 5) is 13.4. The Morgan fingerprint density at radius 1 is 1.44 bits per heavy atom. The smallest absolute Gasteiger partial charge is 0.246 e. The Hall–Kier alpha value is -1.03. The fourth-order valence-corrected chi connectivity index (χ4v) is 2.23. The lowest BCUT2D eigenvalue weighted by molar-refractivity contribution is -0.125. The van der Waals surface area contributed by atoms with Gasteiger partial charge >= 0.3 is 0 Å². The molecule has 96 valence electrons. The van der Waals surface area contributed by atoms with Gasteiger partial charge in [-0.05, 0) is 24.1 Å². The minimum absolute atomic E-state index is 0.123. The van der Waals surface area contributed by atoms with E-state index in [0.29, 0.717) is 35.1 Å². The molecule has 0 bridgehead atoms. The van der Waals surface area contributed by atoms with Crippen molar-refractivity contribution in [1.82, 2.24) is 4.90 Å². The van der Waals surface area contributed by atoms with Gasteiger partial charge in [0.1, 0.15) is 0 Å². The van der Waals surface area contributed by atoms with E-state index in [1.54, 1.807) is 29.2 Å². The highest BCUT2D eigenvalue weighted by Gasteiger charge is 2.22. The molecule has 3 nitrogen and oxygen atoms in total. The maximum atomic E-state index is 11.8. The lowest BCUT2D eigenvalue weighted by atomic mass is 10.2. The molecule has 1 aromatic rings. The fraction of sp³-hybridized carbons (Fsp3) is 0.308. The zero-order valence-corrected chi connectivity index (χ0v) is 11.2. The number of rotatable bonds is 2. The van der Waals surface area contributed by atoms with Gasteiger partial charge in [-0.15, -0.1) is 0 Å². The van der Waals surface area contributed by atoms with Gasteiger partial charge < -0.3 is 10.0 Å². The molecule has 1 atom stereocenters. The monoisotopic (exact) mass is 285 g/mol. The molecule has 2 rings (SSSR count). The van der Waals surface area contributed by atoms with Crippen LogP contribution in [0.5, 0.6) is 0 Å². The van der Waals surface area contributed by atoms with E-state index in [0.717, 1.165) is 0 Å². The molecule has 0 saturated carbocycles. The topological polar surface area (TPSA) is 40.5 Å². The van der Waals surface area contributed by atoms with Crippen LogP contribution in [0.15, 0.2) is 24.3 Å². The van der Waals surface area contributed by atoms with Crippen LogP contribution in [0.2, 0.25) is 10.0 Å². The third-order valence-corrected chi connectivity index (χ3v) is 3.70. The summed E-state index contributed by atoms with van der Waals surface area (Å²) < 4.78 is 0. The number of aliphatic hydroxyl groups excluding tert-OH is 1. The highest BCUT2D eigenvalue weighted by molar-refractivity contribution is 6.42. The molecule has 0 spiro atoms. The SMILES string of the molecule is O=C(C=Cc1cccc(Cl)c1Cl)N1CC[C@@H](O)C1. The molecular formula is C13H13Cl2NO2. The molecule has 1 aliphatic rings. The first-order chi connectivity index (χ1) is 8.58. The second kappa shape index (κ2) is 5.74. The molecule has 5 heteroatoms. The Labute approximate surface area is 116 Å². The Balaban J connectivity index is 2.06. The lowest BCUT2D eigenvalue weighted by Crippen LogP contribution is -2.27. The normalized spacial score (nSPS) is 19.7. The zero-order chi connectivity index (χ0) is 13.1. The Bertz CT molecular complexity index is 488. The zero-order valence-electron chi connectivity index (χ0n) is 9.64. The Morgan fingerprint density at radius 3 is 2.89 bits per heavy atom. The second-order valence-corrected chi connectivity index (χ2v) is 4.99. The minimum Gasteiger partial charge on any atom is -0.391 e. The van der Waals surface area contributed by atoms with E-state index in [2.05, 4.69) is 0 Å². The van der Waals surface area contributed by atoms with Gasteiger partial charge in [0.2, 0.25) is 5.91 Å². The van der Waals surface area contributed by atoms with Crippen molar-refractivity contribution < 1.29 is 9.90 Å². The lowest BCUT2D eigenvalue weighted by Gasteiger charge is -2.12. The molecule has 18 heavy (non-hydrogen) atoms. The third kappa shape index (κ3) is 3.05. The molecule has 0 aliphatic carbocycles. The van der Waals surface area contributed by atoms with Crippen LogP contribution < -0.4 is 0 Å². The van der Waals surface area contributed by atoms with Crippen LogP contribution in [0.3, 0.4) is 0 Å². The number of benzene rings is 1. The van der Waals surface area contributed by atoms with Crippen LogP contribution >= 0.6 is 23.2 Å². The predicted octanol–water partition coefficient (Wildman–Crippen LogP) is 2.60. The van der Waals surface area contributed by atoms with Gasteiger partial charge in [-0.3, -0.25) is 4.79 Å². The standard InChI is InChI=1S/C13H13Cl2NO2/c14-11-3-1-2-9(13(11)15)4-5-12(18)16-7-6-10(17)8-16/h1-5,10,17H,6-8H2/t10-/m1/s1. The first kappa shape index (κ1) is 13.4. The molecule has 1 saturated heterocycles. The summed E-state index contributed by atoms with van der Waals surface area (Å²) in [7, 11) is 0. The van der Waals surface area contributed by atoms with Gasteiger partial charge in [0, 0.05) is 19.2 Å². The Kier molecular flexibility index (Phi) is 4.27. The first-order valence-electron chi connectivity index (χ1n) is 5.67. The summed E-state index contributed by atoms with van der Waals surface area (Å²) in [5.74, 6) is -0.123. The van der Waals surface area contributed by atoms with Crippen molar-refractivity contribution in [3.63, 3.8) is 0 Å². The molecule has 0 unspecified atom stereocenters. The fourth-order valence-electron chi connectivity index (χ4n) is 1.86. The van der Waals surface area contributed by atoms with Crippen molar-refractivity contribution >= 4 is 35.2 Å². The van der Waals surface area contributed by atoms with E-state index in [9.17, 15) is 9.90 Å². The van der Waals surface area contributed by atoms with Crippen molar-refractivity contribution in [3.8, 4) is 0 Å². The van der Waals surface area contributed by atoms with Crippen molar-refractivity contribution in [1.29, 1.82) is 0 Å². The summed E-state index contributed by atoms with van der Waals surface area (Å²) in [6, 6.07) is 5.26. The molecule has 1 amide bonds. The molecular weight excluding hydrogens is 273 g/mol. The van der Waals surface area contributed by atoms with Crippen molar-refractivity contribution in [2.75, 3.05) is 13.1 Å². The summed E-state index contributed by atoms with van der Waals surface area (Å²) >= 11 is 11.9. The van der Waals surface area contributed by atoms with E-state index >= 15 is 0 Å². The average molecular weight is 286 g/mol. The van der Waals surface area contributed by atoms with Crippen LogP contribution in [0.25, 0.3) is 6.08 Å². The molecule has 1 N–H and O–H groups in total. The minimum atomic E-state index is -0.405. The number of carbonyl (C=O) groups is 1. The van der Waals surface area contributed by atoms with Gasteiger partial charge in [0.15, 0.2) is 0 Å². The molecule has 0 radical (unpaired) electrons. The van der Waals surface area contributed by atoms with Crippen LogP contribution in [0.4, 0.5) is 0 Å². The van der Waals surface area contributed by atoms with E-state index in [4.69, 9.17) is 23.2 Å². The second-order valence-electron chi connectivity index (χ2n) is 4.20. The van der Waals surface area contributed by atoms with Gasteiger partial charge in [-0.25, -0.2) is 0 Å². The number of hydrogen-bond donors (Lipinski definition) is 1. The predicted molar refractivity (Wildman–Crippen MR) is 72.7 cm³/mol. The number of β-amino-alcohol motifs (C(OH)–C–C–N with tert-alkyl or cyclic N) is 1. The van der Waals surface area contributed by atoms with Crippen LogP contribution in [-0.2, 0) is 4.79 Å². The molecule has 1 aliphatic heterocycles. The van der Waals surface area contributed by atoms with Crippen molar-refractivity contribution in [2.45, 2.75) is 12.5 Å². The van der Waals surface area contributed by atoms with Crippen molar-refractivity contribution in [2.24, 2.45) is 0 Å². The molecule has 0 aromatic heterocycles. The summed E-state index contributed by atoms with van der Waals surface area (Å²) in [6.45, 7) is 0.986. The van der Waals surface area contributed by atoms with E-state index < -0.39 is 6.10 Å². The van der Waals surface area contributed by atoms with Gasteiger partial charge in [0.25, 0.3) is 0 Å². The number of halogens is 2. The highest BCUT2D eigenvalue weighted by Crippen LogP contribution is 2.26. The number of amides is 1. The maximum absolute atomic E-state index is 11.8. The Morgan fingerprint density at radius 2 is 2.22 bits per heavy atom. The number of aliphatic hydroxyl groups is 1. The van der Waals surface area contributed by atoms with Crippen LogP contribution in [0, 0.1) is 0 Å². The average Bonchev–Trinajstić information content (AvgIpc) is 2.77. The first-order valence-corrected chi connectivity index (χ1v) is 6.42. The molecule has 1 aromatic carbocycles. The van der Waals surface area contributed by atoms with Crippen molar-refractivity contribution in [3.05, 3.63) is 39.9 Å². The van der Waals surface area contributed by atoms with E-state index in [1.165, 1.54) is 6.08 Å². The van der Waals surface area contributed by atoms with E-state index in [-0.39, 0.29) is 5.91 Å². The highest BCUT2D eigenvalue weighted by atomic mass is 35.5. The summed E-state index contributed by atoms with van der Waals surface area (Å²) in [6.07, 6.45) is 3.33. The van der Waals surface area contributed by atoms with Crippen LogP contribution in [-0.4, -0.2) is 35.1 Å². The van der Waals surface area contributed by atoms with E-state index in [1.807, 2.05) is 0 Å². The molecule has 1 fully saturated rings. The van der Waals surface area contributed by atoms with Gasteiger partial charge in [-0.1, -0.05) is 35.3 Å².